The summed E-state index contributed by atoms with van der Waals surface area (Å²) in [5, 5.41) is 12.2. The number of hydrogen-bond acceptors (Lipinski definition) is 5. The van der Waals surface area contributed by atoms with Crippen LogP contribution in [-0.2, 0) is 12.2 Å². The molecule has 35 heavy (non-hydrogen) atoms. The van der Waals surface area contributed by atoms with Gasteiger partial charge in [-0.25, -0.2) is 0 Å². The van der Waals surface area contributed by atoms with Gasteiger partial charge in [0.05, 0.1) is 27.9 Å². The van der Waals surface area contributed by atoms with E-state index in [2.05, 4.69) is 12.2 Å². The van der Waals surface area contributed by atoms with Crippen molar-refractivity contribution in [1.82, 2.24) is 0 Å². The summed E-state index contributed by atoms with van der Waals surface area (Å²) in [5.74, 6) is 3.00. The first-order valence-corrected chi connectivity index (χ1v) is 11.5. The Hall–Kier alpha value is -3.96. The smallest absolute Gasteiger partial charge is 0.178 e. The largest absolute Gasteiger partial charge is 0.497 e. The summed E-state index contributed by atoms with van der Waals surface area (Å²) in [6, 6.07) is 21.7. The number of methoxy groups -OCH3 is 3. The molecule has 1 heterocycles. The van der Waals surface area contributed by atoms with Gasteiger partial charge >= 0.3 is 0 Å². The minimum absolute atomic E-state index is 0.0814. The Morgan fingerprint density at radius 2 is 1.29 bits per heavy atom. The number of aliphatic hydroxyl groups excluding tert-OH is 1. The Morgan fingerprint density at radius 1 is 0.743 bits per heavy atom. The molecule has 0 saturated carbocycles. The molecule has 5 heteroatoms. The Bertz CT molecular complexity index is 1350. The highest BCUT2D eigenvalue weighted by atomic mass is 16.5. The minimum atomic E-state index is -0.899. The van der Waals surface area contributed by atoms with Crippen molar-refractivity contribution >= 4 is 16.8 Å². The molecule has 1 aliphatic heterocycles. The predicted octanol–water partition coefficient (Wildman–Crippen LogP) is 6.02. The molecule has 5 nitrogen and oxygen atoms in total. The summed E-state index contributed by atoms with van der Waals surface area (Å²) in [7, 11) is 4.96. The Balaban J connectivity index is 1.79. The van der Waals surface area contributed by atoms with Gasteiger partial charge in [0, 0.05) is 22.1 Å². The van der Waals surface area contributed by atoms with E-state index in [0.717, 1.165) is 55.8 Å². The summed E-state index contributed by atoms with van der Waals surface area (Å²) < 4.78 is 23.3. The maximum absolute atomic E-state index is 10.3. The van der Waals surface area contributed by atoms with Gasteiger partial charge in [0.2, 0.25) is 0 Å². The Labute approximate surface area is 205 Å². The molecular formula is C30H28O5. The molecule has 4 aromatic rings. The molecule has 0 aliphatic carbocycles. The molecule has 5 rings (SSSR count). The lowest BCUT2D eigenvalue weighted by atomic mass is 9.82. The van der Waals surface area contributed by atoms with Crippen molar-refractivity contribution in [3.8, 4) is 23.0 Å². The summed E-state index contributed by atoms with van der Waals surface area (Å²) in [5.41, 5.74) is 3.76. The summed E-state index contributed by atoms with van der Waals surface area (Å²) in [6.07, 6.45) is 4.12. The first-order valence-electron chi connectivity index (χ1n) is 11.5. The average molecular weight is 469 g/mol. The van der Waals surface area contributed by atoms with E-state index in [0.29, 0.717) is 5.75 Å². The molecule has 4 aromatic carbocycles. The number of fused-ring (bicyclic) bond motifs is 3. The normalized spacial score (nSPS) is 13.7. The number of ether oxygens (including phenoxy) is 4. The molecule has 1 N–H and O–H groups in total. The zero-order valence-corrected chi connectivity index (χ0v) is 20.3. The number of aryl methyl sites for hydroxylation is 1. The number of hydrogen-bond donors (Lipinski definition) is 1. The van der Waals surface area contributed by atoms with Gasteiger partial charge in [-0.1, -0.05) is 36.4 Å². The van der Waals surface area contributed by atoms with Gasteiger partial charge in [0.1, 0.15) is 23.0 Å². The van der Waals surface area contributed by atoms with Gasteiger partial charge < -0.3 is 24.1 Å². The molecule has 0 amide bonds. The fraction of sp³-hybridized carbons (Fsp3) is 0.200. The lowest BCUT2D eigenvalue weighted by molar-refractivity contribution is 0.162. The highest BCUT2D eigenvalue weighted by Gasteiger charge is 2.38. The number of rotatable bonds is 6. The number of aliphatic hydroxyl groups is 1. The maximum Gasteiger partial charge on any atom is 0.178 e. The van der Waals surface area contributed by atoms with Crippen LogP contribution in [0.4, 0.5) is 0 Å². The van der Waals surface area contributed by atoms with E-state index in [1.165, 1.54) is 0 Å². The van der Waals surface area contributed by atoms with Crippen molar-refractivity contribution < 1.29 is 24.1 Å². The molecule has 0 atom stereocenters. The maximum atomic E-state index is 10.3. The van der Waals surface area contributed by atoms with Crippen molar-refractivity contribution in [1.29, 1.82) is 0 Å². The molecule has 0 bridgehead atoms. The van der Waals surface area contributed by atoms with E-state index in [9.17, 15) is 5.11 Å². The van der Waals surface area contributed by atoms with Crippen LogP contribution in [0.1, 0.15) is 27.8 Å². The van der Waals surface area contributed by atoms with Crippen molar-refractivity contribution in [2.45, 2.75) is 19.1 Å². The van der Waals surface area contributed by atoms with E-state index in [1.807, 2.05) is 73.7 Å². The Morgan fingerprint density at radius 3 is 1.80 bits per heavy atom. The SMILES string of the molecule is COc1ccc(C2(c3ccc(OC)cc3)C=Cc3c(CO)c(C)c4ccc(OC)cc4c3O2)cc1. The van der Waals surface area contributed by atoms with Crippen LogP contribution < -0.4 is 18.9 Å². The fourth-order valence-corrected chi connectivity index (χ4v) is 4.85. The minimum Gasteiger partial charge on any atom is -0.497 e. The van der Waals surface area contributed by atoms with E-state index in [4.69, 9.17) is 18.9 Å². The van der Waals surface area contributed by atoms with Crippen LogP contribution in [0, 0.1) is 6.92 Å². The zero-order valence-electron chi connectivity index (χ0n) is 20.3. The third kappa shape index (κ3) is 3.69. The molecule has 0 radical (unpaired) electrons. The molecule has 178 valence electrons. The topological polar surface area (TPSA) is 57.2 Å². The van der Waals surface area contributed by atoms with Crippen LogP contribution >= 0.6 is 0 Å². The fourth-order valence-electron chi connectivity index (χ4n) is 4.85. The summed E-state index contributed by atoms with van der Waals surface area (Å²) in [6.45, 7) is 1.95. The van der Waals surface area contributed by atoms with E-state index < -0.39 is 5.60 Å². The first-order chi connectivity index (χ1) is 17.0. The average Bonchev–Trinajstić information content (AvgIpc) is 2.93. The molecule has 0 unspecified atom stereocenters. The molecule has 0 spiro atoms. The van der Waals surface area contributed by atoms with Crippen LogP contribution in [0.2, 0.25) is 0 Å². The second-order valence-corrected chi connectivity index (χ2v) is 8.54. The van der Waals surface area contributed by atoms with Crippen LogP contribution in [0.15, 0.2) is 72.8 Å². The van der Waals surface area contributed by atoms with Gasteiger partial charge in [0.15, 0.2) is 5.60 Å². The van der Waals surface area contributed by atoms with Gasteiger partial charge in [-0.3, -0.25) is 0 Å². The van der Waals surface area contributed by atoms with Crippen molar-refractivity contribution in [3.63, 3.8) is 0 Å². The summed E-state index contributed by atoms with van der Waals surface area (Å²) in [4.78, 5) is 0. The third-order valence-electron chi connectivity index (χ3n) is 6.84. The number of benzene rings is 4. The second kappa shape index (κ2) is 9.01. The monoisotopic (exact) mass is 468 g/mol. The van der Waals surface area contributed by atoms with E-state index in [-0.39, 0.29) is 6.61 Å². The zero-order chi connectivity index (χ0) is 24.6. The van der Waals surface area contributed by atoms with Gasteiger partial charge in [-0.2, -0.15) is 0 Å². The van der Waals surface area contributed by atoms with E-state index in [1.54, 1.807) is 21.3 Å². The molecule has 0 saturated heterocycles. The van der Waals surface area contributed by atoms with Gasteiger partial charge in [0.25, 0.3) is 0 Å². The third-order valence-corrected chi connectivity index (χ3v) is 6.84. The quantitative estimate of drug-likeness (QED) is 0.375. The predicted molar refractivity (Wildman–Crippen MR) is 138 cm³/mol. The van der Waals surface area contributed by atoms with Crippen LogP contribution in [0.5, 0.6) is 23.0 Å². The highest BCUT2D eigenvalue weighted by molar-refractivity contribution is 5.97. The second-order valence-electron chi connectivity index (χ2n) is 8.54. The lowest BCUT2D eigenvalue weighted by Gasteiger charge is -2.37. The highest BCUT2D eigenvalue weighted by Crippen LogP contribution is 2.48. The Kier molecular flexibility index (Phi) is 5.87. The van der Waals surface area contributed by atoms with Gasteiger partial charge in [-0.05, 0) is 65.9 Å². The molecule has 0 fully saturated rings. The first kappa shape index (κ1) is 22.8. The van der Waals surface area contributed by atoms with Crippen molar-refractivity contribution in [3.05, 3.63) is 101 Å². The van der Waals surface area contributed by atoms with Gasteiger partial charge in [-0.15, -0.1) is 0 Å². The van der Waals surface area contributed by atoms with Crippen LogP contribution in [-0.4, -0.2) is 26.4 Å². The molecule has 0 aromatic heterocycles. The standard InChI is InChI=1S/C30H28O5/c1-19-25-14-13-24(34-4)17-27(25)29-26(28(19)18-31)15-16-30(35-29,20-5-9-22(32-2)10-6-20)21-7-11-23(33-3)12-8-21/h5-17,31H,18H2,1-4H3. The summed E-state index contributed by atoms with van der Waals surface area (Å²) >= 11 is 0. The molecular weight excluding hydrogens is 440 g/mol. The lowest BCUT2D eigenvalue weighted by Crippen LogP contribution is -2.34. The van der Waals surface area contributed by atoms with Crippen LogP contribution in [0.3, 0.4) is 0 Å². The molecule has 1 aliphatic rings. The van der Waals surface area contributed by atoms with Crippen LogP contribution in [0.25, 0.3) is 16.8 Å². The van der Waals surface area contributed by atoms with Crippen molar-refractivity contribution in [2.75, 3.05) is 21.3 Å². The van der Waals surface area contributed by atoms with E-state index >= 15 is 0 Å². The van der Waals surface area contributed by atoms with Crippen molar-refractivity contribution in [2.24, 2.45) is 0 Å².